The van der Waals surface area contributed by atoms with Gasteiger partial charge in [0, 0.05) is 12.6 Å². The highest BCUT2D eigenvalue weighted by molar-refractivity contribution is 7.89. The zero-order chi connectivity index (χ0) is 20.1. The number of primary sulfonamides is 1. The normalized spacial score (nSPS) is 13.6. The minimum atomic E-state index is -3.91. The van der Waals surface area contributed by atoms with Gasteiger partial charge in [0.2, 0.25) is 15.9 Å². The fourth-order valence-corrected chi connectivity index (χ4v) is 2.57. The molecule has 9 nitrogen and oxygen atoms in total. The summed E-state index contributed by atoms with van der Waals surface area (Å²) >= 11 is 0. The van der Waals surface area contributed by atoms with Crippen LogP contribution in [0.25, 0.3) is 0 Å². The molecule has 0 aromatic heterocycles. The van der Waals surface area contributed by atoms with E-state index in [2.05, 4.69) is 10.6 Å². The summed E-state index contributed by atoms with van der Waals surface area (Å²) in [5.74, 6) is -2.02. The molecule has 4 N–H and O–H groups in total. The van der Waals surface area contributed by atoms with Crippen molar-refractivity contribution in [1.82, 2.24) is 5.32 Å². The van der Waals surface area contributed by atoms with Gasteiger partial charge in [-0.1, -0.05) is 19.9 Å². The number of rotatable bonds is 7. The van der Waals surface area contributed by atoms with Crippen molar-refractivity contribution >= 4 is 33.5 Å². The third kappa shape index (κ3) is 6.45. The Labute approximate surface area is 152 Å². The summed E-state index contributed by atoms with van der Waals surface area (Å²) in [6.07, 6.45) is -1.16. The van der Waals surface area contributed by atoms with Gasteiger partial charge in [-0.25, -0.2) is 18.4 Å². The third-order valence-electron chi connectivity index (χ3n) is 3.37. The van der Waals surface area contributed by atoms with E-state index in [0.717, 1.165) is 0 Å². The Hall–Kier alpha value is -2.46. The quantitative estimate of drug-likeness (QED) is 0.578. The van der Waals surface area contributed by atoms with Crippen LogP contribution in [0.4, 0.5) is 5.69 Å². The number of amides is 2. The number of carbonyl (C=O) groups excluding carboxylic acids is 3. The number of sulfonamides is 1. The number of nitrogens with two attached hydrogens (primary N) is 1. The Kier molecular flexibility index (Phi) is 7.28. The molecule has 0 unspecified atom stereocenters. The molecule has 10 heteroatoms. The van der Waals surface area contributed by atoms with E-state index in [1.54, 1.807) is 13.8 Å². The molecule has 0 heterocycles. The first-order valence-electron chi connectivity index (χ1n) is 7.83. The number of anilines is 1. The maximum atomic E-state index is 12.2. The second-order valence-electron chi connectivity index (χ2n) is 6.06. The van der Waals surface area contributed by atoms with Crippen LogP contribution in [0.1, 0.15) is 27.7 Å². The highest BCUT2D eigenvalue weighted by atomic mass is 32.2. The third-order valence-corrected chi connectivity index (χ3v) is 4.28. The summed E-state index contributed by atoms with van der Waals surface area (Å²) in [5, 5.41) is 9.96. The first-order valence-corrected chi connectivity index (χ1v) is 9.37. The predicted molar refractivity (Wildman–Crippen MR) is 94.4 cm³/mol. The molecule has 1 rings (SSSR count). The van der Waals surface area contributed by atoms with Gasteiger partial charge in [0.25, 0.3) is 5.91 Å². The summed E-state index contributed by atoms with van der Waals surface area (Å²) < 4.78 is 27.8. The van der Waals surface area contributed by atoms with Gasteiger partial charge in [-0.2, -0.15) is 0 Å². The van der Waals surface area contributed by atoms with Crippen molar-refractivity contribution in [2.75, 3.05) is 5.32 Å². The minimum absolute atomic E-state index is 0.162. The number of esters is 1. The van der Waals surface area contributed by atoms with Gasteiger partial charge in [0.15, 0.2) is 6.10 Å². The smallest absolute Gasteiger partial charge is 0.329 e. The van der Waals surface area contributed by atoms with E-state index in [9.17, 15) is 22.8 Å². The first-order chi connectivity index (χ1) is 11.9. The molecule has 2 amide bonds. The van der Waals surface area contributed by atoms with Crippen molar-refractivity contribution in [1.29, 1.82) is 0 Å². The van der Waals surface area contributed by atoms with Gasteiger partial charge < -0.3 is 15.4 Å². The highest BCUT2D eigenvalue weighted by Crippen LogP contribution is 2.15. The van der Waals surface area contributed by atoms with Gasteiger partial charge in [-0.05, 0) is 31.0 Å². The van der Waals surface area contributed by atoms with Crippen molar-refractivity contribution in [3.63, 3.8) is 0 Å². The Balaban J connectivity index is 2.79. The van der Waals surface area contributed by atoms with Crippen LogP contribution in [0.15, 0.2) is 29.2 Å². The molecule has 0 fully saturated rings. The molecule has 0 aliphatic carbocycles. The van der Waals surface area contributed by atoms with Crippen LogP contribution in [-0.4, -0.2) is 38.3 Å². The monoisotopic (exact) mass is 385 g/mol. The summed E-state index contributed by atoms with van der Waals surface area (Å²) in [6, 6.07) is 4.48. The molecule has 0 radical (unpaired) electrons. The maximum Gasteiger partial charge on any atom is 0.329 e. The molecule has 1 aromatic rings. The van der Waals surface area contributed by atoms with Crippen molar-refractivity contribution in [2.24, 2.45) is 11.1 Å². The lowest BCUT2D eigenvalue weighted by molar-refractivity contribution is -0.157. The summed E-state index contributed by atoms with van der Waals surface area (Å²) in [7, 11) is -3.91. The van der Waals surface area contributed by atoms with Gasteiger partial charge in [-0.15, -0.1) is 0 Å². The average molecular weight is 385 g/mol. The van der Waals surface area contributed by atoms with E-state index < -0.39 is 40.0 Å². The molecule has 26 heavy (non-hydrogen) atoms. The Morgan fingerprint density at radius 1 is 1.15 bits per heavy atom. The van der Waals surface area contributed by atoms with Crippen LogP contribution in [0.3, 0.4) is 0 Å². The molecule has 2 atom stereocenters. The molecular weight excluding hydrogens is 362 g/mol. The summed E-state index contributed by atoms with van der Waals surface area (Å²) in [4.78, 5) is 35.3. The van der Waals surface area contributed by atoms with Gasteiger partial charge in [0.05, 0.1) is 4.90 Å². The zero-order valence-electron chi connectivity index (χ0n) is 15.0. The van der Waals surface area contributed by atoms with Crippen LogP contribution in [0, 0.1) is 5.92 Å². The minimum Gasteiger partial charge on any atom is -0.451 e. The van der Waals surface area contributed by atoms with Gasteiger partial charge >= 0.3 is 5.97 Å². The number of benzene rings is 1. The van der Waals surface area contributed by atoms with E-state index in [1.165, 1.54) is 38.1 Å². The number of nitrogens with one attached hydrogen (secondary N) is 2. The first kappa shape index (κ1) is 21.6. The molecular formula is C16H23N3O6S. The lowest BCUT2D eigenvalue weighted by Crippen LogP contribution is -2.46. The average Bonchev–Trinajstić information content (AvgIpc) is 2.51. The molecule has 0 aliphatic rings. The SMILES string of the molecule is CC(=O)N[C@@H](C(=O)O[C@@H](C)C(=O)Nc1cccc(S(N)(=O)=O)c1)C(C)C. The fraction of sp³-hybridized carbons (Fsp3) is 0.438. The Morgan fingerprint density at radius 3 is 2.27 bits per heavy atom. The predicted octanol–water partition coefficient (Wildman–Crippen LogP) is 0.365. The van der Waals surface area contributed by atoms with Crippen molar-refractivity contribution in [3.8, 4) is 0 Å². The molecule has 1 aromatic carbocycles. The van der Waals surface area contributed by atoms with Gasteiger partial charge in [0.1, 0.15) is 6.04 Å². The number of carbonyl (C=O) groups is 3. The molecule has 0 saturated carbocycles. The topological polar surface area (TPSA) is 145 Å². The summed E-state index contributed by atoms with van der Waals surface area (Å²) in [6.45, 7) is 6.09. The lowest BCUT2D eigenvalue weighted by atomic mass is 10.0. The second-order valence-corrected chi connectivity index (χ2v) is 7.62. The van der Waals surface area contributed by atoms with E-state index in [0.29, 0.717) is 0 Å². The standard InChI is InChI=1S/C16H23N3O6S/c1-9(2)14(18-11(4)20)16(22)25-10(3)15(21)19-12-6-5-7-13(8-12)26(17,23)24/h5-10,14H,1-4H3,(H,18,20)(H,19,21)(H2,17,23,24)/t10-,14+/m0/s1. The number of hydrogen-bond acceptors (Lipinski definition) is 6. The van der Waals surface area contributed by atoms with Gasteiger partial charge in [-0.3, -0.25) is 9.59 Å². The Morgan fingerprint density at radius 2 is 1.77 bits per heavy atom. The van der Waals surface area contributed by atoms with Crippen LogP contribution in [-0.2, 0) is 29.1 Å². The van der Waals surface area contributed by atoms with Crippen molar-refractivity contribution in [3.05, 3.63) is 24.3 Å². The molecule has 0 bridgehead atoms. The highest BCUT2D eigenvalue weighted by Gasteiger charge is 2.28. The van der Waals surface area contributed by atoms with Crippen LogP contribution in [0.2, 0.25) is 0 Å². The molecule has 0 spiro atoms. The van der Waals surface area contributed by atoms with Crippen LogP contribution >= 0.6 is 0 Å². The lowest BCUT2D eigenvalue weighted by Gasteiger charge is -2.22. The fourth-order valence-electron chi connectivity index (χ4n) is 2.01. The van der Waals surface area contributed by atoms with E-state index in [1.807, 2.05) is 0 Å². The van der Waals surface area contributed by atoms with E-state index in [-0.39, 0.29) is 16.5 Å². The number of hydrogen-bond donors (Lipinski definition) is 3. The maximum absolute atomic E-state index is 12.2. The Bertz CT molecular complexity index is 791. The van der Waals surface area contributed by atoms with E-state index >= 15 is 0 Å². The van der Waals surface area contributed by atoms with Crippen LogP contribution < -0.4 is 15.8 Å². The largest absolute Gasteiger partial charge is 0.451 e. The summed E-state index contributed by atoms with van der Waals surface area (Å²) in [5.41, 5.74) is 0.187. The molecule has 0 saturated heterocycles. The van der Waals surface area contributed by atoms with Crippen LogP contribution in [0.5, 0.6) is 0 Å². The molecule has 0 aliphatic heterocycles. The molecule has 144 valence electrons. The van der Waals surface area contributed by atoms with E-state index in [4.69, 9.17) is 9.88 Å². The second kappa shape index (κ2) is 8.77. The number of ether oxygens (including phenoxy) is 1. The van der Waals surface area contributed by atoms with Crippen molar-refractivity contribution < 1.29 is 27.5 Å². The van der Waals surface area contributed by atoms with Crippen molar-refractivity contribution in [2.45, 2.75) is 44.7 Å². The zero-order valence-corrected chi connectivity index (χ0v) is 15.8.